The molecule has 3 nitrogen and oxygen atoms in total. The Morgan fingerprint density at radius 3 is 1.77 bits per heavy atom. The van der Waals surface area contributed by atoms with E-state index in [2.05, 4.69) is 87.8 Å². The maximum atomic E-state index is 8.00. The van der Waals surface area contributed by atoms with Gasteiger partial charge in [-0.1, -0.05) is 145 Å². The maximum Gasteiger partial charge on any atom is 0.0612 e. The van der Waals surface area contributed by atoms with Crippen LogP contribution >= 0.6 is 0 Å². The van der Waals surface area contributed by atoms with Gasteiger partial charge in [-0.2, -0.15) is 0 Å². The normalized spacial score (nSPS) is 9.78. The van der Waals surface area contributed by atoms with Crippen molar-refractivity contribution in [1.82, 2.24) is 0 Å². The Bertz CT molecular complexity index is 1490. The fourth-order valence-corrected chi connectivity index (χ4v) is 3.80. The molecule has 202 valence electrons. The van der Waals surface area contributed by atoms with E-state index in [0.29, 0.717) is 12.3 Å². The molecule has 0 atom stereocenters. The highest BCUT2D eigenvalue weighted by Crippen LogP contribution is 2.25. The first-order valence-electron chi connectivity index (χ1n) is 13.1. The van der Waals surface area contributed by atoms with E-state index in [4.69, 9.17) is 16.6 Å². The average molecular weight is 526 g/mol. The van der Waals surface area contributed by atoms with Gasteiger partial charge in [0.2, 0.25) is 0 Å². The summed E-state index contributed by atoms with van der Waals surface area (Å²) in [6.45, 7) is 11.0. The number of aryl methyl sites for hydroxylation is 2. The van der Waals surface area contributed by atoms with E-state index in [1.54, 1.807) is 18.2 Å². The Balaban J connectivity index is 0.000000268. The van der Waals surface area contributed by atoms with Gasteiger partial charge >= 0.3 is 0 Å². The second-order valence-electron chi connectivity index (χ2n) is 9.00. The molecular formula is C37H39N3. The van der Waals surface area contributed by atoms with E-state index in [1.165, 1.54) is 33.0 Å². The smallest absolute Gasteiger partial charge is 0.0612 e. The second-order valence-corrected chi connectivity index (χ2v) is 9.00. The summed E-state index contributed by atoms with van der Waals surface area (Å²) in [7, 11) is 0. The Kier molecular flexibility index (Phi) is 13.8. The van der Waals surface area contributed by atoms with Gasteiger partial charge in [0.05, 0.1) is 5.71 Å². The van der Waals surface area contributed by atoms with E-state index >= 15 is 0 Å². The van der Waals surface area contributed by atoms with Crippen LogP contribution in [0.2, 0.25) is 0 Å². The van der Waals surface area contributed by atoms with Crippen molar-refractivity contribution in [3.05, 3.63) is 168 Å². The van der Waals surface area contributed by atoms with Crippen LogP contribution in [0.1, 0.15) is 22.3 Å². The fraction of sp³-hybridized carbons (Fsp3) is 0.0811. The molecule has 0 fully saturated rings. The third-order valence-electron chi connectivity index (χ3n) is 5.94. The van der Waals surface area contributed by atoms with Crippen LogP contribution in [0.5, 0.6) is 0 Å². The largest absolute Gasteiger partial charge is 0.326 e. The molecule has 0 saturated carbocycles. The van der Waals surface area contributed by atoms with Gasteiger partial charge in [-0.15, -0.1) is 0 Å². The summed E-state index contributed by atoms with van der Waals surface area (Å²) in [5.41, 5.74) is 12.9. The first kappa shape index (κ1) is 31.4. The van der Waals surface area contributed by atoms with Gasteiger partial charge in [-0.25, -0.2) is 0 Å². The molecule has 0 unspecified atom stereocenters. The molecule has 0 aromatic heterocycles. The molecule has 0 aliphatic heterocycles. The maximum absolute atomic E-state index is 8.00. The zero-order chi connectivity index (χ0) is 29.2. The summed E-state index contributed by atoms with van der Waals surface area (Å²) in [5, 5.41) is 16.0. The Hall–Kier alpha value is -4.86. The van der Waals surface area contributed by atoms with Crippen molar-refractivity contribution in [3.8, 4) is 11.1 Å². The zero-order valence-electron chi connectivity index (χ0n) is 23.5. The SMILES string of the molecule is C=C/C=C\C(=N)c1ccc(-c2ccc3ccc(C)cc3c2)cc1.C=N.Cc1ccccc1.NCc1ccccc1. The van der Waals surface area contributed by atoms with Crippen LogP contribution in [-0.2, 0) is 6.54 Å². The molecule has 0 bridgehead atoms. The topological polar surface area (TPSA) is 73.7 Å². The highest BCUT2D eigenvalue weighted by Gasteiger charge is 2.02. The van der Waals surface area contributed by atoms with E-state index < -0.39 is 0 Å². The Morgan fingerprint density at radius 2 is 1.25 bits per heavy atom. The van der Waals surface area contributed by atoms with Crippen LogP contribution in [0.3, 0.4) is 0 Å². The molecule has 0 radical (unpaired) electrons. The van der Waals surface area contributed by atoms with Crippen LogP contribution in [0.4, 0.5) is 0 Å². The number of fused-ring (bicyclic) bond motifs is 1. The molecular weight excluding hydrogens is 486 g/mol. The number of hydrogen-bond acceptors (Lipinski definition) is 3. The van der Waals surface area contributed by atoms with Crippen molar-refractivity contribution >= 4 is 23.2 Å². The van der Waals surface area contributed by atoms with E-state index in [9.17, 15) is 0 Å². The predicted octanol–water partition coefficient (Wildman–Crippen LogP) is 9.33. The molecule has 0 spiro atoms. The minimum Gasteiger partial charge on any atom is -0.326 e. The van der Waals surface area contributed by atoms with Crippen molar-refractivity contribution in [2.24, 2.45) is 5.73 Å². The molecule has 0 aliphatic rings. The van der Waals surface area contributed by atoms with Gasteiger partial charge in [0.25, 0.3) is 0 Å². The third-order valence-corrected chi connectivity index (χ3v) is 5.94. The molecule has 0 saturated heterocycles. The summed E-state index contributed by atoms with van der Waals surface area (Å²) in [5.74, 6) is 0. The molecule has 0 amide bonds. The summed E-state index contributed by atoms with van der Waals surface area (Å²) in [6.07, 6.45) is 5.21. The lowest BCUT2D eigenvalue weighted by Crippen LogP contribution is -1.94. The lowest BCUT2D eigenvalue weighted by molar-refractivity contribution is 1.07. The summed E-state index contributed by atoms with van der Waals surface area (Å²) < 4.78 is 0. The van der Waals surface area contributed by atoms with Crippen molar-refractivity contribution < 1.29 is 0 Å². The third kappa shape index (κ3) is 10.5. The van der Waals surface area contributed by atoms with Crippen LogP contribution < -0.4 is 5.73 Å². The van der Waals surface area contributed by atoms with Gasteiger partial charge in [0, 0.05) is 6.54 Å². The predicted molar refractivity (Wildman–Crippen MR) is 176 cm³/mol. The van der Waals surface area contributed by atoms with Crippen LogP contribution in [0.25, 0.3) is 21.9 Å². The zero-order valence-corrected chi connectivity index (χ0v) is 23.5. The van der Waals surface area contributed by atoms with E-state index in [-0.39, 0.29) is 0 Å². The van der Waals surface area contributed by atoms with E-state index in [0.717, 1.165) is 11.1 Å². The average Bonchev–Trinajstić information content (AvgIpc) is 3.02. The monoisotopic (exact) mass is 525 g/mol. The van der Waals surface area contributed by atoms with Crippen molar-refractivity contribution in [2.75, 3.05) is 0 Å². The van der Waals surface area contributed by atoms with Crippen molar-refractivity contribution in [1.29, 1.82) is 10.8 Å². The summed E-state index contributed by atoms with van der Waals surface area (Å²) in [4.78, 5) is 0. The molecule has 4 N–H and O–H groups in total. The van der Waals surface area contributed by atoms with Gasteiger partial charge in [-0.05, 0) is 65.7 Å². The summed E-state index contributed by atoms with van der Waals surface area (Å²) in [6, 6.07) is 41.4. The molecule has 5 aromatic rings. The van der Waals surface area contributed by atoms with Crippen molar-refractivity contribution in [3.63, 3.8) is 0 Å². The number of nitrogens with two attached hydrogens (primary N) is 1. The molecule has 0 heterocycles. The summed E-state index contributed by atoms with van der Waals surface area (Å²) >= 11 is 0. The van der Waals surface area contributed by atoms with Gasteiger partial charge in [0.15, 0.2) is 0 Å². The lowest BCUT2D eigenvalue weighted by atomic mass is 9.98. The highest BCUT2D eigenvalue weighted by atomic mass is 14.5. The van der Waals surface area contributed by atoms with Crippen LogP contribution in [-0.4, -0.2) is 12.4 Å². The van der Waals surface area contributed by atoms with Crippen LogP contribution in [0.15, 0.2) is 146 Å². The first-order valence-corrected chi connectivity index (χ1v) is 13.1. The first-order chi connectivity index (χ1) is 19.5. The number of benzene rings is 5. The minimum absolute atomic E-state index is 0.491. The minimum atomic E-state index is 0.491. The van der Waals surface area contributed by atoms with Gasteiger partial charge in [-0.3, -0.25) is 0 Å². The molecule has 5 aromatic carbocycles. The standard InChI is InChI=1S/C22H19N.C7H9N.C7H8.CH3N/c1-3-4-5-22(23)19-11-8-17(9-12-19)20-13-10-18-7-6-16(2)14-21(18)15-20;8-6-7-4-2-1-3-5-7;1-7-5-3-2-4-6-7;1-2/h3-15,23H,1H2,2H3;1-5H,6,8H2;2-6H,1H3;2H,1H2/b5-4-,23-22?;;;. The molecule has 3 heteroatoms. The van der Waals surface area contributed by atoms with E-state index in [1.807, 2.05) is 60.7 Å². The van der Waals surface area contributed by atoms with Gasteiger partial charge in [0.1, 0.15) is 0 Å². The lowest BCUT2D eigenvalue weighted by Gasteiger charge is -2.06. The molecule has 40 heavy (non-hydrogen) atoms. The number of hydrogen-bond donors (Lipinski definition) is 3. The van der Waals surface area contributed by atoms with Crippen molar-refractivity contribution in [2.45, 2.75) is 20.4 Å². The van der Waals surface area contributed by atoms with Gasteiger partial charge < -0.3 is 16.6 Å². The number of nitrogens with one attached hydrogen (secondary N) is 2. The Labute approximate surface area is 239 Å². The number of allylic oxidation sites excluding steroid dienone is 3. The highest BCUT2D eigenvalue weighted by molar-refractivity contribution is 6.06. The Morgan fingerprint density at radius 1 is 0.675 bits per heavy atom. The van der Waals surface area contributed by atoms with Crippen LogP contribution in [0, 0.1) is 24.7 Å². The fourth-order valence-electron chi connectivity index (χ4n) is 3.80. The quantitative estimate of drug-likeness (QED) is 0.155. The number of rotatable bonds is 5. The molecule has 0 aliphatic carbocycles. The molecule has 5 rings (SSSR count). The second kappa shape index (κ2) is 17.6.